The van der Waals surface area contributed by atoms with Crippen LogP contribution in [0.15, 0.2) is 4.99 Å². The summed E-state index contributed by atoms with van der Waals surface area (Å²) in [7, 11) is 0. The molecule has 2 aliphatic rings. The summed E-state index contributed by atoms with van der Waals surface area (Å²) in [6, 6.07) is 0. The van der Waals surface area contributed by atoms with E-state index in [2.05, 4.69) is 31.0 Å². The zero-order chi connectivity index (χ0) is 19.6. The molecule has 0 aliphatic carbocycles. The van der Waals surface area contributed by atoms with E-state index in [0.717, 1.165) is 71.1 Å². The number of piperazine rings is 1. The summed E-state index contributed by atoms with van der Waals surface area (Å²) in [5.41, 5.74) is 0. The first-order valence-corrected chi connectivity index (χ1v) is 10.6. The van der Waals surface area contributed by atoms with E-state index in [1.165, 1.54) is 0 Å². The van der Waals surface area contributed by atoms with Crippen LogP contribution in [0.2, 0.25) is 0 Å². The highest BCUT2D eigenvalue weighted by molar-refractivity contribution is 5.82. The molecule has 1 amide bonds. The van der Waals surface area contributed by atoms with Crippen molar-refractivity contribution in [3.63, 3.8) is 0 Å². The molecule has 7 heteroatoms. The number of nitrogens with one attached hydrogen (secondary N) is 1. The van der Waals surface area contributed by atoms with Gasteiger partial charge in [-0.1, -0.05) is 13.8 Å². The molecule has 0 radical (unpaired) electrons. The van der Waals surface area contributed by atoms with E-state index >= 15 is 0 Å². The average Bonchev–Trinajstić information content (AvgIpc) is 3.21. The highest BCUT2D eigenvalue weighted by atomic mass is 16.5. The SMILES string of the molecule is CCNC(=NCCC(OCC)C(C)C)N1CCN(C(=O)C2CCCO2)CC1. The van der Waals surface area contributed by atoms with E-state index in [1.54, 1.807) is 0 Å². The van der Waals surface area contributed by atoms with Gasteiger partial charge < -0.3 is 24.6 Å². The normalized spacial score (nSPS) is 22.4. The van der Waals surface area contributed by atoms with Gasteiger partial charge in [-0.2, -0.15) is 0 Å². The molecule has 2 heterocycles. The number of carbonyl (C=O) groups is 1. The molecule has 2 rings (SSSR count). The summed E-state index contributed by atoms with van der Waals surface area (Å²) in [6.45, 7) is 14.6. The summed E-state index contributed by atoms with van der Waals surface area (Å²) in [4.78, 5) is 21.5. The maximum Gasteiger partial charge on any atom is 0.251 e. The molecule has 0 saturated carbocycles. The van der Waals surface area contributed by atoms with Gasteiger partial charge in [0.2, 0.25) is 0 Å². The van der Waals surface area contributed by atoms with Gasteiger partial charge in [0, 0.05) is 52.5 Å². The monoisotopic (exact) mass is 382 g/mol. The van der Waals surface area contributed by atoms with E-state index in [4.69, 9.17) is 14.5 Å². The van der Waals surface area contributed by atoms with Gasteiger partial charge >= 0.3 is 0 Å². The molecule has 0 aromatic carbocycles. The lowest BCUT2D eigenvalue weighted by Crippen LogP contribution is -2.55. The molecule has 27 heavy (non-hydrogen) atoms. The van der Waals surface area contributed by atoms with Crippen molar-refractivity contribution in [2.75, 3.05) is 52.5 Å². The summed E-state index contributed by atoms with van der Waals surface area (Å²) in [6.07, 6.45) is 2.82. The third-order valence-corrected chi connectivity index (χ3v) is 5.23. The Balaban J connectivity index is 1.84. The second-order valence-corrected chi connectivity index (χ2v) is 7.58. The Kier molecular flexibility index (Phi) is 9.34. The van der Waals surface area contributed by atoms with Gasteiger partial charge in [0.15, 0.2) is 5.96 Å². The average molecular weight is 383 g/mol. The van der Waals surface area contributed by atoms with Crippen LogP contribution in [0, 0.1) is 5.92 Å². The Bertz CT molecular complexity index is 470. The first kappa shape index (κ1) is 22.0. The molecule has 0 aromatic heterocycles. The van der Waals surface area contributed by atoms with Gasteiger partial charge in [-0.05, 0) is 39.0 Å². The highest BCUT2D eigenvalue weighted by Crippen LogP contribution is 2.16. The lowest BCUT2D eigenvalue weighted by molar-refractivity contribution is -0.142. The number of carbonyl (C=O) groups excluding carboxylic acids is 1. The maximum absolute atomic E-state index is 12.5. The zero-order valence-corrected chi connectivity index (χ0v) is 17.6. The number of rotatable bonds is 8. The van der Waals surface area contributed by atoms with E-state index < -0.39 is 0 Å². The summed E-state index contributed by atoms with van der Waals surface area (Å²) >= 11 is 0. The molecule has 2 fully saturated rings. The Labute approximate surface area is 164 Å². The van der Waals surface area contributed by atoms with Crippen molar-refractivity contribution in [2.45, 2.75) is 59.2 Å². The molecule has 0 aromatic rings. The van der Waals surface area contributed by atoms with Gasteiger partial charge in [0.25, 0.3) is 5.91 Å². The van der Waals surface area contributed by atoms with Crippen molar-refractivity contribution < 1.29 is 14.3 Å². The minimum Gasteiger partial charge on any atom is -0.378 e. The number of nitrogens with zero attached hydrogens (tertiary/aromatic N) is 3. The Morgan fingerprint density at radius 2 is 1.93 bits per heavy atom. The van der Waals surface area contributed by atoms with Crippen LogP contribution in [-0.2, 0) is 14.3 Å². The second-order valence-electron chi connectivity index (χ2n) is 7.58. The molecule has 2 saturated heterocycles. The van der Waals surface area contributed by atoms with Gasteiger partial charge in [0.05, 0.1) is 6.10 Å². The van der Waals surface area contributed by atoms with Gasteiger partial charge in [-0.3, -0.25) is 9.79 Å². The predicted octanol–water partition coefficient (Wildman–Crippen LogP) is 1.73. The molecule has 7 nitrogen and oxygen atoms in total. The molecule has 2 unspecified atom stereocenters. The molecular formula is C20H38N4O3. The second kappa shape index (κ2) is 11.5. The number of amides is 1. The third kappa shape index (κ3) is 6.64. The fraction of sp³-hybridized carbons (Fsp3) is 0.900. The number of ether oxygens (including phenoxy) is 2. The zero-order valence-electron chi connectivity index (χ0n) is 17.6. The van der Waals surface area contributed by atoms with E-state index in [9.17, 15) is 4.79 Å². The standard InChI is InChI=1S/C20H38N4O3/c1-5-21-20(22-10-9-17(16(3)4)26-6-2)24-13-11-23(12-14-24)19(25)18-8-7-15-27-18/h16-18H,5-15H2,1-4H3,(H,21,22). The van der Waals surface area contributed by atoms with Gasteiger partial charge in [-0.15, -0.1) is 0 Å². The number of hydrogen-bond acceptors (Lipinski definition) is 4. The fourth-order valence-electron chi connectivity index (χ4n) is 3.66. The molecule has 1 N–H and O–H groups in total. The topological polar surface area (TPSA) is 66.4 Å². The Morgan fingerprint density at radius 3 is 2.48 bits per heavy atom. The quantitative estimate of drug-likeness (QED) is 0.512. The van der Waals surface area contributed by atoms with Crippen LogP contribution in [0.3, 0.4) is 0 Å². The van der Waals surface area contributed by atoms with Crippen LogP contribution in [-0.4, -0.2) is 86.4 Å². The Hall–Kier alpha value is -1.34. The third-order valence-electron chi connectivity index (χ3n) is 5.23. The summed E-state index contributed by atoms with van der Waals surface area (Å²) in [5, 5.41) is 3.39. The number of hydrogen-bond donors (Lipinski definition) is 1. The summed E-state index contributed by atoms with van der Waals surface area (Å²) in [5.74, 6) is 1.60. The van der Waals surface area contributed by atoms with Crippen molar-refractivity contribution in [3.05, 3.63) is 0 Å². The van der Waals surface area contributed by atoms with Crippen LogP contribution >= 0.6 is 0 Å². The van der Waals surface area contributed by atoms with E-state index in [0.29, 0.717) is 12.5 Å². The predicted molar refractivity (Wildman–Crippen MR) is 108 cm³/mol. The summed E-state index contributed by atoms with van der Waals surface area (Å²) < 4.78 is 11.4. The van der Waals surface area contributed by atoms with Crippen LogP contribution < -0.4 is 5.32 Å². The smallest absolute Gasteiger partial charge is 0.251 e. The van der Waals surface area contributed by atoms with E-state index in [-0.39, 0.29) is 18.1 Å². The maximum atomic E-state index is 12.5. The number of aliphatic imine (C=N–C) groups is 1. The van der Waals surface area contributed by atoms with Crippen LogP contribution in [0.25, 0.3) is 0 Å². The van der Waals surface area contributed by atoms with Crippen molar-refractivity contribution in [1.29, 1.82) is 0 Å². The lowest BCUT2D eigenvalue weighted by Gasteiger charge is -2.37. The molecular weight excluding hydrogens is 344 g/mol. The highest BCUT2D eigenvalue weighted by Gasteiger charge is 2.30. The first-order chi connectivity index (χ1) is 13.1. The van der Waals surface area contributed by atoms with E-state index in [1.807, 2.05) is 11.8 Å². The van der Waals surface area contributed by atoms with Crippen LogP contribution in [0.4, 0.5) is 0 Å². The van der Waals surface area contributed by atoms with Crippen molar-refractivity contribution >= 4 is 11.9 Å². The lowest BCUT2D eigenvalue weighted by atomic mass is 10.0. The van der Waals surface area contributed by atoms with Crippen LogP contribution in [0.1, 0.15) is 47.0 Å². The molecule has 0 spiro atoms. The molecule has 0 bridgehead atoms. The number of guanidine groups is 1. The van der Waals surface area contributed by atoms with Crippen LogP contribution in [0.5, 0.6) is 0 Å². The van der Waals surface area contributed by atoms with Gasteiger partial charge in [-0.25, -0.2) is 0 Å². The van der Waals surface area contributed by atoms with Gasteiger partial charge in [0.1, 0.15) is 6.10 Å². The van der Waals surface area contributed by atoms with Crippen molar-refractivity contribution in [3.8, 4) is 0 Å². The molecule has 2 atom stereocenters. The largest absolute Gasteiger partial charge is 0.378 e. The Morgan fingerprint density at radius 1 is 1.22 bits per heavy atom. The molecule has 156 valence electrons. The van der Waals surface area contributed by atoms with Crippen molar-refractivity contribution in [1.82, 2.24) is 15.1 Å². The minimum atomic E-state index is -0.218. The minimum absolute atomic E-state index is 0.158. The fourth-order valence-corrected chi connectivity index (χ4v) is 3.66. The molecule has 2 aliphatic heterocycles. The van der Waals surface area contributed by atoms with Crippen molar-refractivity contribution in [2.24, 2.45) is 10.9 Å². The first-order valence-electron chi connectivity index (χ1n) is 10.6.